The average molecular weight is 373 g/mol. The van der Waals surface area contributed by atoms with Crippen molar-refractivity contribution in [3.05, 3.63) is 23.3 Å². The van der Waals surface area contributed by atoms with Gasteiger partial charge < -0.3 is 20.8 Å². The maximum absolute atomic E-state index is 11.9. The van der Waals surface area contributed by atoms with E-state index in [2.05, 4.69) is 15.6 Å². The molecule has 2 aromatic heterocycles. The van der Waals surface area contributed by atoms with Crippen molar-refractivity contribution in [2.45, 2.75) is 39.3 Å². The normalized spacial score (nSPS) is 11.5. The van der Waals surface area contributed by atoms with E-state index in [0.29, 0.717) is 35.3 Å². The van der Waals surface area contributed by atoms with Gasteiger partial charge in [0, 0.05) is 12.3 Å². The van der Waals surface area contributed by atoms with E-state index in [1.807, 2.05) is 6.92 Å². The van der Waals surface area contributed by atoms with Crippen molar-refractivity contribution in [1.29, 1.82) is 0 Å². The minimum atomic E-state index is -0.528. The number of nitrogens with zero attached hydrogens (tertiary/aromatic N) is 1. The standard InChI is InChI=1S/C15H20N4O3S.ClH/c1-3-4-11(16)14(21)19-15-18-12(8-23-15)13-6-5-10(22-13)7-17-9(2)20;/h5-6,8,11H,3-4,7,16H2,1-2H3,(H,17,20)(H,18,19,21);1H. The molecule has 0 radical (unpaired) electrons. The van der Waals surface area contributed by atoms with Gasteiger partial charge >= 0.3 is 0 Å². The van der Waals surface area contributed by atoms with E-state index in [1.54, 1.807) is 17.5 Å². The largest absolute Gasteiger partial charge is 0.458 e. The molecule has 0 saturated carbocycles. The van der Waals surface area contributed by atoms with Crippen molar-refractivity contribution in [3.63, 3.8) is 0 Å². The molecule has 0 bridgehead atoms. The Hall–Kier alpha value is -1.90. The molecule has 0 fully saturated rings. The molecule has 132 valence electrons. The van der Waals surface area contributed by atoms with Crippen LogP contribution < -0.4 is 16.4 Å². The van der Waals surface area contributed by atoms with Crippen LogP contribution in [-0.4, -0.2) is 22.8 Å². The number of carbonyl (C=O) groups excluding carboxylic acids is 2. The van der Waals surface area contributed by atoms with Gasteiger partial charge in [-0.2, -0.15) is 0 Å². The summed E-state index contributed by atoms with van der Waals surface area (Å²) in [6.45, 7) is 3.75. The van der Waals surface area contributed by atoms with E-state index >= 15 is 0 Å². The molecule has 24 heavy (non-hydrogen) atoms. The number of aromatic nitrogens is 1. The number of amides is 2. The predicted molar refractivity (Wildman–Crippen MR) is 96.1 cm³/mol. The molecule has 2 rings (SSSR count). The number of carbonyl (C=O) groups is 2. The Balaban J connectivity index is 0.00000288. The summed E-state index contributed by atoms with van der Waals surface area (Å²) < 4.78 is 5.62. The quantitative estimate of drug-likeness (QED) is 0.691. The third-order valence-electron chi connectivity index (χ3n) is 3.10. The molecule has 0 aliphatic rings. The van der Waals surface area contributed by atoms with Crippen molar-refractivity contribution in [3.8, 4) is 11.5 Å². The summed E-state index contributed by atoms with van der Waals surface area (Å²) in [5, 5.41) is 7.65. The first-order valence-corrected chi connectivity index (χ1v) is 8.23. The van der Waals surface area contributed by atoms with Crippen LogP contribution in [-0.2, 0) is 16.1 Å². The molecule has 1 unspecified atom stereocenters. The Labute approximate surface area is 150 Å². The van der Waals surface area contributed by atoms with Crippen molar-refractivity contribution in [2.75, 3.05) is 5.32 Å². The maximum Gasteiger partial charge on any atom is 0.243 e. The second kappa shape index (κ2) is 9.41. The number of halogens is 1. The summed E-state index contributed by atoms with van der Waals surface area (Å²) in [6, 6.07) is 3.03. The highest BCUT2D eigenvalue weighted by molar-refractivity contribution is 7.14. The van der Waals surface area contributed by atoms with Gasteiger partial charge in [-0.15, -0.1) is 23.7 Å². The number of thiazole rings is 1. The van der Waals surface area contributed by atoms with Gasteiger partial charge in [0.25, 0.3) is 0 Å². The zero-order valence-corrected chi connectivity index (χ0v) is 15.1. The highest BCUT2D eigenvalue weighted by atomic mass is 35.5. The van der Waals surface area contributed by atoms with Crippen LogP contribution in [0.5, 0.6) is 0 Å². The number of rotatable bonds is 7. The fraction of sp³-hybridized carbons (Fsp3) is 0.400. The minimum absolute atomic E-state index is 0. The van der Waals surface area contributed by atoms with Gasteiger partial charge in [0.1, 0.15) is 11.5 Å². The van der Waals surface area contributed by atoms with Gasteiger partial charge in [0.15, 0.2) is 10.9 Å². The lowest BCUT2D eigenvalue weighted by molar-refractivity contribution is -0.119. The van der Waals surface area contributed by atoms with Crippen LogP contribution in [0.1, 0.15) is 32.4 Å². The molecular formula is C15H21ClN4O3S. The molecule has 9 heteroatoms. The Kier molecular flexibility index (Phi) is 7.90. The van der Waals surface area contributed by atoms with E-state index in [4.69, 9.17) is 10.2 Å². The zero-order valence-electron chi connectivity index (χ0n) is 13.5. The lowest BCUT2D eigenvalue weighted by Gasteiger charge is -2.08. The third-order valence-corrected chi connectivity index (χ3v) is 3.85. The smallest absolute Gasteiger partial charge is 0.243 e. The topological polar surface area (TPSA) is 110 Å². The highest BCUT2D eigenvalue weighted by Crippen LogP contribution is 2.26. The second-order valence-electron chi connectivity index (χ2n) is 5.10. The van der Waals surface area contributed by atoms with Gasteiger partial charge in [-0.3, -0.25) is 9.59 Å². The first kappa shape index (κ1) is 20.1. The van der Waals surface area contributed by atoms with E-state index in [1.165, 1.54) is 18.3 Å². The molecule has 7 nitrogen and oxygen atoms in total. The molecule has 0 saturated heterocycles. The summed E-state index contributed by atoms with van der Waals surface area (Å²) >= 11 is 1.31. The first-order valence-electron chi connectivity index (χ1n) is 7.35. The molecule has 0 aliphatic carbocycles. The molecule has 1 atom stereocenters. The van der Waals surface area contributed by atoms with Crippen LogP contribution in [0.15, 0.2) is 21.9 Å². The van der Waals surface area contributed by atoms with Crippen LogP contribution in [0, 0.1) is 0 Å². The van der Waals surface area contributed by atoms with E-state index < -0.39 is 6.04 Å². The van der Waals surface area contributed by atoms with Crippen LogP contribution in [0.4, 0.5) is 5.13 Å². The van der Waals surface area contributed by atoms with Crippen molar-refractivity contribution >= 4 is 40.7 Å². The highest BCUT2D eigenvalue weighted by Gasteiger charge is 2.15. The SMILES string of the molecule is CCCC(N)C(=O)Nc1nc(-c2ccc(CNC(C)=O)o2)cs1.Cl. The van der Waals surface area contributed by atoms with Crippen LogP contribution in [0.25, 0.3) is 11.5 Å². The van der Waals surface area contributed by atoms with E-state index in [0.717, 1.165) is 6.42 Å². The number of anilines is 1. The van der Waals surface area contributed by atoms with Gasteiger partial charge in [0.05, 0.1) is 12.6 Å². The van der Waals surface area contributed by atoms with E-state index in [-0.39, 0.29) is 24.2 Å². The fourth-order valence-electron chi connectivity index (χ4n) is 1.91. The fourth-order valence-corrected chi connectivity index (χ4v) is 2.61. The van der Waals surface area contributed by atoms with E-state index in [9.17, 15) is 9.59 Å². The molecule has 2 amide bonds. The second-order valence-corrected chi connectivity index (χ2v) is 5.96. The van der Waals surface area contributed by atoms with Crippen molar-refractivity contribution < 1.29 is 14.0 Å². The third kappa shape index (κ3) is 5.63. The lowest BCUT2D eigenvalue weighted by Crippen LogP contribution is -2.35. The average Bonchev–Trinajstić information content (AvgIpc) is 3.14. The molecule has 0 aliphatic heterocycles. The number of furan rings is 1. The van der Waals surface area contributed by atoms with Gasteiger partial charge in [-0.25, -0.2) is 4.98 Å². The molecule has 4 N–H and O–H groups in total. The Morgan fingerprint density at radius 2 is 2.17 bits per heavy atom. The predicted octanol–water partition coefficient (Wildman–Crippen LogP) is 2.53. The Morgan fingerprint density at radius 3 is 2.83 bits per heavy atom. The molecule has 0 spiro atoms. The lowest BCUT2D eigenvalue weighted by atomic mass is 10.2. The minimum Gasteiger partial charge on any atom is -0.458 e. The molecule has 2 heterocycles. The number of nitrogens with one attached hydrogen (secondary N) is 2. The Bertz CT molecular complexity index is 686. The summed E-state index contributed by atoms with van der Waals surface area (Å²) in [4.78, 5) is 27.1. The summed E-state index contributed by atoms with van der Waals surface area (Å²) in [5.41, 5.74) is 6.39. The summed E-state index contributed by atoms with van der Waals surface area (Å²) in [5.74, 6) is 0.863. The number of nitrogens with two attached hydrogens (primary N) is 1. The van der Waals surface area contributed by atoms with Crippen molar-refractivity contribution in [1.82, 2.24) is 10.3 Å². The van der Waals surface area contributed by atoms with Crippen LogP contribution >= 0.6 is 23.7 Å². The summed E-state index contributed by atoms with van der Waals surface area (Å²) in [7, 11) is 0. The van der Waals surface area contributed by atoms with Gasteiger partial charge in [-0.1, -0.05) is 13.3 Å². The monoisotopic (exact) mass is 372 g/mol. The van der Waals surface area contributed by atoms with Crippen LogP contribution in [0.3, 0.4) is 0 Å². The zero-order chi connectivity index (χ0) is 16.8. The van der Waals surface area contributed by atoms with Gasteiger partial charge in [0.2, 0.25) is 11.8 Å². The number of hydrogen-bond donors (Lipinski definition) is 3. The van der Waals surface area contributed by atoms with Crippen LogP contribution in [0.2, 0.25) is 0 Å². The molecule has 0 aromatic carbocycles. The van der Waals surface area contributed by atoms with Gasteiger partial charge in [-0.05, 0) is 18.6 Å². The Morgan fingerprint density at radius 1 is 1.42 bits per heavy atom. The molecule has 2 aromatic rings. The first-order chi connectivity index (χ1) is 11.0. The van der Waals surface area contributed by atoms with Crippen molar-refractivity contribution in [2.24, 2.45) is 5.73 Å². The maximum atomic E-state index is 11.9. The summed E-state index contributed by atoms with van der Waals surface area (Å²) in [6.07, 6.45) is 1.48. The number of hydrogen-bond acceptors (Lipinski definition) is 6. The molecular weight excluding hydrogens is 352 g/mol.